The van der Waals surface area contributed by atoms with Crippen LogP contribution in [0.5, 0.6) is 5.75 Å². The monoisotopic (exact) mass is 413 g/mol. The molecule has 0 saturated carbocycles. The Hall–Kier alpha value is -1.88. The summed E-state index contributed by atoms with van der Waals surface area (Å²) in [7, 11) is 0. The van der Waals surface area contributed by atoms with Crippen molar-refractivity contribution in [2.24, 2.45) is 0 Å². The Morgan fingerprint density at radius 3 is 2.34 bits per heavy atom. The number of phenols is 1. The van der Waals surface area contributed by atoms with Gasteiger partial charge in [-0.05, 0) is 47.6 Å². The normalized spacial score (nSPS) is 14.3. The number of nitrogens with one attached hydrogen (secondary N) is 1. The van der Waals surface area contributed by atoms with Gasteiger partial charge in [-0.1, -0.05) is 41.5 Å². The number of imidazole rings is 1. The number of H-pyrrole nitrogens is 1. The van der Waals surface area contributed by atoms with Crippen LogP contribution >= 0.6 is 11.8 Å². The Morgan fingerprint density at radius 2 is 1.72 bits per heavy atom. The van der Waals surface area contributed by atoms with Gasteiger partial charge in [0.2, 0.25) is 0 Å². The van der Waals surface area contributed by atoms with Crippen molar-refractivity contribution in [2.45, 2.75) is 76.7 Å². The van der Waals surface area contributed by atoms with Crippen LogP contribution in [0.1, 0.15) is 76.9 Å². The zero-order valence-corrected chi connectivity index (χ0v) is 19.5. The highest BCUT2D eigenvalue weighted by molar-refractivity contribution is 7.99. The fourth-order valence-corrected chi connectivity index (χ4v) is 4.62. The topological polar surface area (TPSA) is 52.2 Å². The summed E-state index contributed by atoms with van der Waals surface area (Å²) in [6.45, 7) is 15.0. The summed E-state index contributed by atoms with van der Waals surface area (Å²) < 4.78 is 0. The lowest BCUT2D eigenvalue weighted by Gasteiger charge is -2.28. The number of hydrogen-bond donors (Lipinski definition) is 2. The number of hydrogen-bond acceptors (Lipinski definition) is 4. The molecule has 1 aromatic heterocycles. The van der Waals surface area contributed by atoms with E-state index in [-0.39, 0.29) is 10.8 Å². The van der Waals surface area contributed by atoms with E-state index in [9.17, 15) is 5.11 Å². The van der Waals surface area contributed by atoms with E-state index in [0.717, 1.165) is 42.1 Å². The quantitative estimate of drug-likeness (QED) is 0.446. The summed E-state index contributed by atoms with van der Waals surface area (Å²) in [6, 6.07) is 4.37. The molecule has 2 N–H and O–H groups in total. The first kappa shape index (κ1) is 21.8. The number of phenolic OH excluding ortho intramolecular Hbond substituents is 1. The molecule has 2 heterocycles. The third-order valence-corrected chi connectivity index (χ3v) is 6.43. The second kappa shape index (κ2) is 8.47. The summed E-state index contributed by atoms with van der Waals surface area (Å²) in [5.41, 5.74) is 4.20. The summed E-state index contributed by atoms with van der Waals surface area (Å²) in [5, 5.41) is 10.9. The van der Waals surface area contributed by atoms with Crippen molar-refractivity contribution in [3.8, 4) is 5.75 Å². The Labute approximate surface area is 179 Å². The van der Waals surface area contributed by atoms with Gasteiger partial charge >= 0.3 is 0 Å². The van der Waals surface area contributed by atoms with E-state index < -0.39 is 0 Å². The van der Waals surface area contributed by atoms with Gasteiger partial charge in [0.15, 0.2) is 0 Å². The Bertz CT molecular complexity index is 836. The summed E-state index contributed by atoms with van der Waals surface area (Å²) >= 11 is 1.90. The van der Waals surface area contributed by atoms with Gasteiger partial charge in [-0.3, -0.25) is 0 Å². The number of aromatic nitrogens is 2. The Balaban J connectivity index is 1.56. The molecule has 0 radical (unpaired) electrons. The molecule has 0 unspecified atom stereocenters. The van der Waals surface area contributed by atoms with Crippen molar-refractivity contribution in [3.63, 3.8) is 0 Å². The van der Waals surface area contributed by atoms with Crippen LogP contribution in [0.15, 0.2) is 29.6 Å². The first-order valence-electron chi connectivity index (χ1n) is 10.5. The van der Waals surface area contributed by atoms with Gasteiger partial charge < -0.3 is 15.0 Å². The molecule has 1 aliphatic heterocycles. The molecule has 2 aromatic rings. The molecule has 0 aliphatic carbocycles. The summed E-state index contributed by atoms with van der Waals surface area (Å²) in [6.07, 6.45) is 8.34. The van der Waals surface area contributed by atoms with Gasteiger partial charge in [0.25, 0.3) is 0 Å². The number of benzene rings is 1. The molecule has 0 fully saturated rings. The maximum atomic E-state index is 10.9. The van der Waals surface area contributed by atoms with Crippen molar-refractivity contribution >= 4 is 17.8 Å². The number of unbranched alkanes of at least 4 members (excludes halogenated alkanes) is 1. The van der Waals surface area contributed by atoms with Gasteiger partial charge in [-0.25, -0.2) is 4.98 Å². The zero-order valence-electron chi connectivity index (χ0n) is 18.7. The van der Waals surface area contributed by atoms with Gasteiger partial charge in [0.05, 0.1) is 24.3 Å². The van der Waals surface area contributed by atoms with Gasteiger partial charge in [-0.2, -0.15) is 0 Å². The smallest absolute Gasteiger partial charge is 0.123 e. The average molecular weight is 414 g/mol. The van der Waals surface area contributed by atoms with Crippen LogP contribution in [0.2, 0.25) is 0 Å². The molecule has 1 aromatic carbocycles. The molecule has 1 aliphatic rings. The minimum absolute atomic E-state index is 0.0766. The molecule has 0 spiro atoms. The number of fused-ring (bicyclic) bond motifs is 1. The molecular formula is C24H35N3OS. The van der Waals surface area contributed by atoms with E-state index in [1.54, 1.807) is 6.33 Å². The largest absolute Gasteiger partial charge is 0.507 e. The highest BCUT2D eigenvalue weighted by Gasteiger charge is 2.26. The predicted molar refractivity (Wildman–Crippen MR) is 123 cm³/mol. The van der Waals surface area contributed by atoms with Gasteiger partial charge in [0, 0.05) is 28.8 Å². The lowest BCUT2D eigenvalue weighted by molar-refractivity contribution is 0.355. The molecule has 0 amide bonds. The number of aromatic hydroxyl groups is 1. The number of rotatable bonds is 6. The van der Waals surface area contributed by atoms with Crippen LogP contribution in [0, 0.1) is 0 Å². The van der Waals surface area contributed by atoms with E-state index in [2.05, 4.69) is 80.8 Å². The minimum atomic E-state index is -0.0766. The van der Waals surface area contributed by atoms with E-state index in [0.29, 0.717) is 5.75 Å². The lowest BCUT2D eigenvalue weighted by Crippen LogP contribution is -2.21. The maximum absolute atomic E-state index is 10.9. The number of thioether (sulfide) groups is 1. The van der Waals surface area contributed by atoms with Crippen LogP contribution in [0.25, 0.3) is 6.08 Å². The second-order valence-electron chi connectivity index (χ2n) is 9.98. The Kier molecular flexibility index (Phi) is 6.37. The van der Waals surface area contributed by atoms with E-state index in [4.69, 9.17) is 0 Å². The molecular weight excluding hydrogens is 378 g/mol. The van der Waals surface area contributed by atoms with Crippen LogP contribution in [-0.2, 0) is 17.4 Å². The third-order valence-electron chi connectivity index (χ3n) is 5.36. The predicted octanol–water partition coefficient (Wildman–Crippen LogP) is 6.07. The standard InChI is InChI=1S/C24H35N3OS/c1-23(2,3)18-13-17(14-19(22(18)28)24(4,5)6)29-12-8-7-10-27-11-9-20-21(15-27)26-16-25-20/h9,11,13-14,16,28H,7-8,10,12,15H2,1-6H3,(H,25,26). The molecule has 5 heteroatoms. The number of nitrogens with zero attached hydrogens (tertiary/aromatic N) is 2. The van der Waals surface area contributed by atoms with Crippen molar-refractivity contribution < 1.29 is 5.11 Å². The van der Waals surface area contributed by atoms with Crippen molar-refractivity contribution in [1.82, 2.24) is 14.9 Å². The van der Waals surface area contributed by atoms with Gasteiger partial charge in [0.1, 0.15) is 5.75 Å². The maximum Gasteiger partial charge on any atom is 0.123 e. The van der Waals surface area contributed by atoms with Gasteiger partial charge in [-0.15, -0.1) is 11.8 Å². The van der Waals surface area contributed by atoms with E-state index in [1.807, 2.05) is 11.8 Å². The van der Waals surface area contributed by atoms with Crippen molar-refractivity contribution in [3.05, 3.63) is 47.2 Å². The highest BCUT2D eigenvalue weighted by atomic mass is 32.2. The number of aromatic amines is 1. The fourth-order valence-electron chi connectivity index (χ4n) is 3.63. The minimum Gasteiger partial charge on any atom is -0.507 e. The van der Waals surface area contributed by atoms with Crippen LogP contribution in [0.3, 0.4) is 0 Å². The van der Waals surface area contributed by atoms with Crippen LogP contribution < -0.4 is 0 Å². The van der Waals surface area contributed by atoms with Crippen molar-refractivity contribution in [1.29, 1.82) is 0 Å². The average Bonchev–Trinajstić information content (AvgIpc) is 3.08. The van der Waals surface area contributed by atoms with E-state index in [1.165, 1.54) is 17.0 Å². The van der Waals surface area contributed by atoms with E-state index >= 15 is 0 Å². The van der Waals surface area contributed by atoms with Crippen LogP contribution in [-0.4, -0.2) is 32.3 Å². The molecule has 29 heavy (non-hydrogen) atoms. The summed E-state index contributed by atoms with van der Waals surface area (Å²) in [4.78, 5) is 11.1. The highest BCUT2D eigenvalue weighted by Crippen LogP contribution is 2.41. The molecule has 0 saturated heterocycles. The molecule has 4 nitrogen and oxygen atoms in total. The summed E-state index contributed by atoms with van der Waals surface area (Å²) in [5.74, 6) is 1.55. The molecule has 158 valence electrons. The third kappa shape index (κ3) is 5.39. The molecule has 0 atom stereocenters. The fraction of sp³-hybridized carbons (Fsp3) is 0.542. The van der Waals surface area contributed by atoms with Crippen LogP contribution in [0.4, 0.5) is 0 Å². The first-order chi connectivity index (χ1) is 13.6. The molecule has 0 bridgehead atoms. The molecule has 3 rings (SSSR count). The van der Waals surface area contributed by atoms with Crippen molar-refractivity contribution in [2.75, 3.05) is 12.3 Å². The lowest BCUT2D eigenvalue weighted by atomic mass is 9.79. The SMILES string of the molecule is CC(C)(C)c1cc(SCCCCN2C=Cc3nc[nH]c3C2)cc(C(C)(C)C)c1O. The first-order valence-corrected chi connectivity index (χ1v) is 11.5. The second-order valence-corrected chi connectivity index (χ2v) is 11.1. The Morgan fingerprint density at radius 1 is 1.07 bits per heavy atom. The zero-order chi connectivity index (χ0) is 21.2.